The van der Waals surface area contributed by atoms with Gasteiger partial charge in [0.15, 0.2) is 12.0 Å². The number of aliphatic carboxylic acids is 1. The third-order valence-corrected chi connectivity index (χ3v) is 2.97. The Hall–Kier alpha value is -2.04. The summed E-state index contributed by atoms with van der Waals surface area (Å²) in [6.45, 7) is 5.72. The number of carboxylic acid groups (broad SMARTS) is 1. The van der Waals surface area contributed by atoms with E-state index in [1.807, 2.05) is 32.0 Å². The summed E-state index contributed by atoms with van der Waals surface area (Å²) in [5.41, 5.74) is 0.881. The Balaban J connectivity index is 0.000000637. The summed E-state index contributed by atoms with van der Waals surface area (Å²) in [7, 11) is 0. The molecule has 102 valence electrons. The molecule has 0 radical (unpaired) electrons. The van der Waals surface area contributed by atoms with Crippen LogP contribution < -0.4 is 4.74 Å². The van der Waals surface area contributed by atoms with Gasteiger partial charge in [0.25, 0.3) is 0 Å². The molecule has 0 aliphatic carbocycles. The van der Waals surface area contributed by atoms with Crippen LogP contribution >= 0.6 is 0 Å². The minimum atomic E-state index is -1.03. The maximum Gasteiger partial charge on any atom is 0.348 e. The molecule has 1 aromatic rings. The average Bonchev–Trinajstić information content (AvgIpc) is 2.81. The molecular formula is C14H17NO4. The molecule has 0 fully saturated rings. The van der Waals surface area contributed by atoms with Crippen LogP contribution in [-0.2, 0) is 9.53 Å². The molecule has 0 aromatic heterocycles. The van der Waals surface area contributed by atoms with Gasteiger partial charge in [0.2, 0.25) is 6.10 Å². The number of para-hydroxylation sites is 1. The van der Waals surface area contributed by atoms with Crippen molar-refractivity contribution < 1.29 is 19.4 Å². The summed E-state index contributed by atoms with van der Waals surface area (Å²) in [6, 6.07) is 7.05. The second kappa shape index (κ2) is 5.30. The molecule has 19 heavy (non-hydrogen) atoms. The molecule has 3 atom stereocenters. The zero-order chi connectivity index (χ0) is 14.0. The smallest absolute Gasteiger partial charge is 0.348 e. The van der Waals surface area contributed by atoms with E-state index >= 15 is 0 Å². The number of fused-ring (bicyclic) bond motifs is 3. The Morgan fingerprint density at radius 2 is 1.95 bits per heavy atom. The fraction of sp³-hybridized carbons (Fsp3) is 0.429. The molecule has 3 unspecified atom stereocenters. The van der Waals surface area contributed by atoms with E-state index in [1.165, 1.54) is 0 Å². The van der Waals surface area contributed by atoms with E-state index in [0.29, 0.717) is 11.6 Å². The molecule has 0 bridgehead atoms. The molecule has 1 N–H and O–H groups in total. The fourth-order valence-corrected chi connectivity index (χ4v) is 2.26. The minimum Gasteiger partial charge on any atom is -0.478 e. The normalized spacial score (nSPS) is 26.7. The number of rotatable bonds is 1. The van der Waals surface area contributed by atoms with Crippen molar-refractivity contribution in [1.82, 2.24) is 0 Å². The van der Waals surface area contributed by atoms with Gasteiger partial charge in [0, 0.05) is 12.5 Å². The van der Waals surface area contributed by atoms with Crippen molar-refractivity contribution in [3.05, 3.63) is 29.8 Å². The van der Waals surface area contributed by atoms with Crippen molar-refractivity contribution in [2.75, 3.05) is 0 Å². The van der Waals surface area contributed by atoms with Crippen LogP contribution in [0.4, 0.5) is 0 Å². The van der Waals surface area contributed by atoms with Crippen LogP contribution in [0.5, 0.6) is 5.75 Å². The standard InChI is InChI=1S/C12H11NO4.C2H6/c1-6-13-9-7-4-2-3-5-8(7)17-11(12(14)15)10(9)16-6;1-2/h2-5,9-11H,1H3,(H,14,15);1-2H3. The third-order valence-electron chi connectivity index (χ3n) is 2.97. The minimum absolute atomic E-state index is 0.277. The number of nitrogens with zero attached hydrogens (tertiary/aromatic N) is 1. The highest BCUT2D eigenvalue weighted by atomic mass is 16.6. The lowest BCUT2D eigenvalue weighted by Crippen LogP contribution is -2.45. The number of carboxylic acids is 1. The second-order valence-electron chi connectivity index (χ2n) is 4.09. The predicted molar refractivity (Wildman–Crippen MR) is 70.6 cm³/mol. The van der Waals surface area contributed by atoms with Crippen molar-refractivity contribution in [3.8, 4) is 5.75 Å². The first-order valence-electron chi connectivity index (χ1n) is 6.36. The molecular weight excluding hydrogens is 246 g/mol. The molecule has 2 heterocycles. The van der Waals surface area contributed by atoms with Gasteiger partial charge < -0.3 is 14.6 Å². The van der Waals surface area contributed by atoms with Crippen molar-refractivity contribution in [2.45, 2.75) is 39.0 Å². The topological polar surface area (TPSA) is 68.1 Å². The summed E-state index contributed by atoms with van der Waals surface area (Å²) in [4.78, 5) is 15.5. The lowest BCUT2D eigenvalue weighted by Gasteiger charge is -2.31. The van der Waals surface area contributed by atoms with Crippen molar-refractivity contribution >= 4 is 11.9 Å². The van der Waals surface area contributed by atoms with Crippen LogP contribution in [0, 0.1) is 0 Å². The van der Waals surface area contributed by atoms with Crippen molar-refractivity contribution in [2.24, 2.45) is 4.99 Å². The van der Waals surface area contributed by atoms with Crippen LogP contribution in [0.25, 0.3) is 0 Å². The summed E-state index contributed by atoms with van der Waals surface area (Å²) in [5, 5.41) is 9.14. The fourth-order valence-electron chi connectivity index (χ4n) is 2.26. The van der Waals surface area contributed by atoms with Gasteiger partial charge in [-0.3, -0.25) is 0 Å². The maximum atomic E-state index is 11.2. The van der Waals surface area contributed by atoms with Gasteiger partial charge in [-0.05, 0) is 6.07 Å². The first-order chi connectivity index (χ1) is 9.16. The summed E-state index contributed by atoms with van der Waals surface area (Å²) < 4.78 is 10.9. The first kappa shape index (κ1) is 13.4. The Labute approximate surface area is 111 Å². The molecule has 0 spiro atoms. The molecule has 3 rings (SSSR count). The molecule has 0 saturated carbocycles. The van der Waals surface area contributed by atoms with E-state index in [-0.39, 0.29) is 6.04 Å². The number of carbonyl (C=O) groups is 1. The van der Waals surface area contributed by atoms with Gasteiger partial charge >= 0.3 is 5.97 Å². The summed E-state index contributed by atoms with van der Waals surface area (Å²) >= 11 is 0. The van der Waals surface area contributed by atoms with Gasteiger partial charge in [0.05, 0.1) is 0 Å². The van der Waals surface area contributed by atoms with Gasteiger partial charge in [-0.15, -0.1) is 0 Å². The maximum absolute atomic E-state index is 11.2. The van der Waals surface area contributed by atoms with E-state index in [0.717, 1.165) is 5.56 Å². The highest BCUT2D eigenvalue weighted by Crippen LogP contribution is 2.41. The molecule has 2 aliphatic heterocycles. The Kier molecular flexibility index (Phi) is 3.74. The predicted octanol–water partition coefficient (Wildman–Crippen LogP) is 2.42. The molecule has 2 aliphatic rings. The van der Waals surface area contributed by atoms with E-state index in [9.17, 15) is 4.79 Å². The molecule has 0 saturated heterocycles. The van der Waals surface area contributed by atoms with Gasteiger partial charge in [-0.1, -0.05) is 32.0 Å². The van der Waals surface area contributed by atoms with Crippen LogP contribution in [0.1, 0.15) is 32.4 Å². The number of hydrogen-bond acceptors (Lipinski definition) is 4. The summed E-state index contributed by atoms with van der Waals surface area (Å²) in [6.07, 6.45) is -1.57. The number of ether oxygens (including phenoxy) is 2. The molecule has 1 aromatic carbocycles. The van der Waals surface area contributed by atoms with Crippen LogP contribution in [0.3, 0.4) is 0 Å². The van der Waals surface area contributed by atoms with E-state index < -0.39 is 18.2 Å². The Bertz CT molecular complexity index is 512. The zero-order valence-corrected chi connectivity index (χ0v) is 11.2. The largest absolute Gasteiger partial charge is 0.478 e. The van der Waals surface area contributed by atoms with E-state index in [1.54, 1.807) is 13.0 Å². The van der Waals surface area contributed by atoms with Gasteiger partial charge in [0.1, 0.15) is 11.8 Å². The van der Waals surface area contributed by atoms with E-state index in [2.05, 4.69) is 4.99 Å². The van der Waals surface area contributed by atoms with Crippen LogP contribution in [-0.4, -0.2) is 29.2 Å². The average molecular weight is 263 g/mol. The van der Waals surface area contributed by atoms with E-state index in [4.69, 9.17) is 14.6 Å². The Morgan fingerprint density at radius 3 is 2.63 bits per heavy atom. The molecule has 5 nitrogen and oxygen atoms in total. The number of hydrogen-bond donors (Lipinski definition) is 1. The zero-order valence-electron chi connectivity index (χ0n) is 11.2. The quantitative estimate of drug-likeness (QED) is 0.844. The highest BCUT2D eigenvalue weighted by Gasteiger charge is 2.47. The second-order valence-corrected chi connectivity index (χ2v) is 4.09. The van der Waals surface area contributed by atoms with Gasteiger partial charge in [-0.25, -0.2) is 9.79 Å². The Morgan fingerprint density at radius 1 is 1.26 bits per heavy atom. The lowest BCUT2D eigenvalue weighted by molar-refractivity contribution is -0.151. The number of aliphatic imine (C=N–C) groups is 1. The first-order valence-corrected chi connectivity index (χ1v) is 6.36. The van der Waals surface area contributed by atoms with Crippen molar-refractivity contribution in [1.29, 1.82) is 0 Å². The number of benzene rings is 1. The van der Waals surface area contributed by atoms with Crippen LogP contribution in [0.15, 0.2) is 29.3 Å². The molecule has 5 heteroatoms. The molecule has 0 amide bonds. The SMILES string of the molecule is CC.CC1=NC2c3ccccc3OC(C(=O)O)C2O1. The lowest BCUT2D eigenvalue weighted by atomic mass is 9.94. The summed E-state index contributed by atoms with van der Waals surface area (Å²) in [5.74, 6) is 0.0501. The monoisotopic (exact) mass is 263 g/mol. The van der Waals surface area contributed by atoms with Crippen molar-refractivity contribution in [3.63, 3.8) is 0 Å². The third kappa shape index (κ3) is 2.28. The highest BCUT2D eigenvalue weighted by molar-refractivity contribution is 5.80. The van der Waals surface area contributed by atoms with Crippen LogP contribution in [0.2, 0.25) is 0 Å². The van der Waals surface area contributed by atoms with Gasteiger partial charge in [-0.2, -0.15) is 0 Å².